The quantitative estimate of drug-likeness (QED) is 0.203. The van der Waals surface area contributed by atoms with Gasteiger partial charge >= 0.3 is 45.5 Å². The monoisotopic (exact) mass is 741 g/mol. The number of aromatic nitrogens is 4. The average Bonchev–Trinajstić information content (AvgIpc) is 3.70. The first-order chi connectivity index (χ1) is 21.4. The SMILES string of the molecule is C1=COCC1.CCCC(C)(C)c1nc(C(C)(C)C)[n-]c1C(C)(C)CCC.CCCC(C)(C)c1nc(C(C)(C)C)[n-]c1C(C)(C)CCC.[Sr+2]. The van der Waals surface area contributed by atoms with Crippen molar-refractivity contribution < 1.29 is 4.74 Å². The van der Waals surface area contributed by atoms with Gasteiger partial charge in [-0.1, -0.05) is 185 Å². The molecule has 0 aromatic carbocycles. The van der Waals surface area contributed by atoms with Gasteiger partial charge in [-0.3, -0.25) is 0 Å². The van der Waals surface area contributed by atoms with E-state index in [1.165, 1.54) is 48.5 Å². The first-order valence-corrected chi connectivity index (χ1v) is 18.8. The van der Waals surface area contributed by atoms with Gasteiger partial charge < -0.3 is 24.7 Å². The molecule has 0 aliphatic carbocycles. The van der Waals surface area contributed by atoms with Crippen molar-refractivity contribution in [2.75, 3.05) is 6.61 Å². The minimum absolute atomic E-state index is 0. The van der Waals surface area contributed by atoms with Crippen molar-refractivity contribution in [2.45, 2.75) is 215 Å². The van der Waals surface area contributed by atoms with Crippen LogP contribution in [0.2, 0.25) is 0 Å². The Kier molecular flexibility index (Phi) is 19.1. The summed E-state index contributed by atoms with van der Waals surface area (Å²) in [6.45, 7) is 41.7. The number of imidazole rings is 2. The molecule has 2 aromatic heterocycles. The molecule has 5 nitrogen and oxygen atoms in total. The van der Waals surface area contributed by atoms with E-state index in [0.29, 0.717) is 0 Å². The maximum absolute atomic E-state index is 5.01. The summed E-state index contributed by atoms with van der Waals surface area (Å²) in [7, 11) is 0. The van der Waals surface area contributed by atoms with Crippen LogP contribution >= 0.6 is 0 Å². The van der Waals surface area contributed by atoms with E-state index in [-0.39, 0.29) is 78.0 Å². The molecule has 48 heavy (non-hydrogen) atoms. The van der Waals surface area contributed by atoms with E-state index in [9.17, 15) is 0 Å². The zero-order chi connectivity index (χ0) is 36.5. The number of ether oxygens (including phenoxy) is 1. The Morgan fingerprint density at radius 1 is 0.542 bits per heavy atom. The molecule has 3 heterocycles. The van der Waals surface area contributed by atoms with Crippen LogP contribution in [0.3, 0.4) is 0 Å². The summed E-state index contributed by atoms with van der Waals surface area (Å²) in [5, 5.41) is 0. The summed E-state index contributed by atoms with van der Waals surface area (Å²) < 4.78 is 4.76. The fraction of sp³-hybridized carbons (Fsp3) is 0.810. The predicted molar refractivity (Wildman–Crippen MR) is 210 cm³/mol. The molecule has 0 radical (unpaired) electrons. The van der Waals surface area contributed by atoms with E-state index >= 15 is 0 Å². The van der Waals surface area contributed by atoms with E-state index in [1.54, 1.807) is 6.26 Å². The summed E-state index contributed by atoms with van der Waals surface area (Å²) >= 11 is 0. The van der Waals surface area contributed by atoms with Crippen LogP contribution in [0.25, 0.3) is 0 Å². The average molecular weight is 741 g/mol. The Morgan fingerprint density at radius 3 is 1.06 bits per heavy atom. The Morgan fingerprint density at radius 2 is 0.854 bits per heavy atom. The largest absolute Gasteiger partial charge is 2.00 e. The first kappa shape index (κ1) is 47.4. The molecule has 1 aliphatic rings. The zero-order valence-corrected chi connectivity index (χ0v) is 38.6. The minimum Gasteiger partial charge on any atom is -0.501 e. The van der Waals surface area contributed by atoms with E-state index < -0.39 is 0 Å². The third-order valence-electron chi connectivity index (χ3n) is 9.32. The van der Waals surface area contributed by atoms with Crippen molar-refractivity contribution >= 4 is 45.5 Å². The second-order valence-corrected chi connectivity index (χ2v) is 18.6. The molecular formula is C42H76N4OSr. The fourth-order valence-corrected chi connectivity index (χ4v) is 6.56. The van der Waals surface area contributed by atoms with Gasteiger partial charge in [0.1, 0.15) is 0 Å². The molecule has 0 saturated heterocycles. The third kappa shape index (κ3) is 13.9. The van der Waals surface area contributed by atoms with E-state index in [2.05, 4.69) is 125 Å². The molecule has 2 aromatic rings. The third-order valence-corrected chi connectivity index (χ3v) is 9.32. The van der Waals surface area contributed by atoms with Gasteiger partial charge in [-0.05, 0) is 64.2 Å². The normalized spacial score (nSPS) is 14.0. The van der Waals surface area contributed by atoms with Gasteiger partial charge in [0, 0.05) is 6.42 Å². The fourth-order valence-electron chi connectivity index (χ4n) is 6.56. The zero-order valence-electron chi connectivity index (χ0n) is 35.1. The van der Waals surface area contributed by atoms with E-state index in [1.807, 2.05) is 6.08 Å². The van der Waals surface area contributed by atoms with E-state index in [4.69, 9.17) is 24.7 Å². The maximum atomic E-state index is 5.01. The van der Waals surface area contributed by atoms with Crippen LogP contribution in [0, 0.1) is 0 Å². The summed E-state index contributed by atoms with van der Waals surface area (Å²) in [6.07, 6.45) is 14.2. The molecule has 3 rings (SSSR count). The smallest absolute Gasteiger partial charge is 0.501 e. The second-order valence-electron chi connectivity index (χ2n) is 18.6. The Labute approximate surface area is 335 Å². The van der Waals surface area contributed by atoms with Crippen molar-refractivity contribution in [1.82, 2.24) is 19.9 Å². The number of nitrogens with zero attached hydrogens (tertiary/aromatic N) is 4. The van der Waals surface area contributed by atoms with Gasteiger partial charge in [0.15, 0.2) is 0 Å². The van der Waals surface area contributed by atoms with Crippen molar-refractivity contribution in [1.29, 1.82) is 0 Å². The molecular weight excluding hydrogens is 664 g/mol. The van der Waals surface area contributed by atoms with Crippen molar-refractivity contribution in [2.24, 2.45) is 0 Å². The summed E-state index contributed by atoms with van der Waals surface area (Å²) in [6, 6.07) is 0. The molecule has 0 N–H and O–H groups in total. The second kappa shape index (κ2) is 19.3. The molecule has 0 spiro atoms. The van der Waals surface area contributed by atoms with Gasteiger partial charge in [0.25, 0.3) is 0 Å². The van der Waals surface area contributed by atoms with E-state index in [0.717, 1.165) is 50.4 Å². The molecule has 0 unspecified atom stereocenters. The van der Waals surface area contributed by atoms with Crippen LogP contribution in [0.1, 0.15) is 217 Å². The molecule has 0 atom stereocenters. The van der Waals surface area contributed by atoms with Crippen LogP contribution < -0.4 is 9.97 Å². The molecule has 0 fully saturated rings. The minimum atomic E-state index is 0. The standard InChI is InChI=1S/2C19H35N2.C4H6O.Sr/c2*1-10-12-18(6,7)14-15(19(8,9)13-11-2)21-16(20-14)17(3,4)5;1-2-4-5-3-1;/h2*10-13H2,1-9H3;1,3H,2,4H2;/q2*-1;;+2. The van der Waals surface area contributed by atoms with Crippen LogP contribution in [0.5, 0.6) is 0 Å². The van der Waals surface area contributed by atoms with Gasteiger partial charge in [0.2, 0.25) is 0 Å². The molecule has 1 aliphatic heterocycles. The van der Waals surface area contributed by atoms with Crippen LogP contribution in [-0.4, -0.2) is 62.1 Å². The van der Waals surface area contributed by atoms with Gasteiger partial charge in [-0.2, -0.15) is 0 Å². The molecule has 0 amide bonds. The van der Waals surface area contributed by atoms with Crippen LogP contribution in [0.4, 0.5) is 0 Å². The topological polar surface area (TPSA) is 63.2 Å². The van der Waals surface area contributed by atoms with Gasteiger partial charge in [-0.25, -0.2) is 0 Å². The van der Waals surface area contributed by atoms with Gasteiger partial charge in [0.05, 0.1) is 12.9 Å². The maximum Gasteiger partial charge on any atom is 2.00 e. The summed E-state index contributed by atoms with van der Waals surface area (Å²) in [4.78, 5) is 20.0. The van der Waals surface area contributed by atoms with Crippen molar-refractivity contribution in [3.63, 3.8) is 0 Å². The Balaban J connectivity index is 0.000000786. The van der Waals surface area contributed by atoms with Crippen molar-refractivity contribution in [3.8, 4) is 0 Å². The summed E-state index contributed by atoms with van der Waals surface area (Å²) in [5.41, 5.74) is 5.35. The van der Waals surface area contributed by atoms with Crippen LogP contribution in [-0.2, 0) is 37.2 Å². The first-order valence-electron chi connectivity index (χ1n) is 18.8. The van der Waals surface area contributed by atoms with Crippen molar-refractivity contribution in [3.05, 3.63) is 46.8 Å². The predicted octanol–water partition coefficient (Wildman–Crippen LogP) is 11.5. The molecule has 0 saturated carbocycles. The number of hydrogen-bond donors (Lipinski definition) is 0. The van der Waals surface area contributed by atoms with Gasteiger partial charge in [-0.15, -0.1) is 0 Å². The van der Waals surface area contributed by atoms with Crippen LogP contribution in [0.15, 0.2) is 12.3 Å². The number of rotatable bonds is 12. The molecule has 6 heteroatoms. The number of hydrogen-bond acceptors (Lipinski definition) is 3. The molecule has 0 bridgehead atoms. The Bertz CT molecular complexity index is 1070. The molecule has 272 valence electrons. The summed E-state index contributed by atoms with van der Waals surface area (Å²) in [5.74, 6) is 2.00. The Hall–Kier alpha value is -0.559.